The van der Waals surface area contributed by atoms with Crippen molar-refractivity contribution >= 4 is 17.5 Å². The summed E-state index contributed by atoms with van der Waals surface area (Å²) in [5.41, 5.74) is 3.20. The van der Waals surface area contributed by atoms with Gasteiger partial charge in [0, 0.05) is 11.3 Å². The molecule has 0 spiro atoms. The molecular weight excluding hydrogens is 276 g/mol. The number of para-hydroxylation sites is 1. The topological polar surface area (TPSA) is 58.2 Å². The summed E-state index contributed by atoms with van der Waals surface area (Å²) in [6.45, 7) is 5.46. The summed E-state index contributed by atoms with van der Waals surface area (Å²) in [4.78, 5) is 24.4. The molecule has 2 rings (SSSR count). The molecule has 0 aliphatic carbocycles. The lowest BCUT2D eigenvalue weighted by molar-refractivity contribution is -0.117. The molecule has 4 nitrogen and oxygen atoms in total. The molecule has 2 aromatic carbocycles. The van der Waals surface area contributed by atoms with E-state index in [-0.39, 0.29) is 11.8 Å². The van der Waals surface area contributed by atoms with Crippen LogP contribution >= 0.6 is 0 Å². The van der Waals surface area contributed by atoms with Gasteiger partial charge in [0.2, 0.25) is 5.91 Å². The van der Waals surface area contributed by atoms with E-state index in [1.54, 1.807) is 19.1 Å². The Morgan fingerprint density at radius 2 is 1.50 bits per heavy atom. The number of nitrogens with one attached hydrogen (secondary N) is 2. The van der Waals surface area contributed by atoms with Crippen LogP contribution in [0.1, 0.15) is 28.4 Å². The number of aryl methyl sites for hydroxylation is 2. The quantitative estimate of drug-likeness (QED) is 0.911. The Morgan fingerprint density at radius 1 is 0.909 bits per heavy atom. The van der Waals surface area contributed by atoms with E-state index in [9.17, 15) is 9.59 Å². The van der Waals surface area contributed by atoms with Crippen LogP contribution in [0.5, 0.6) is 0 Å². The monoisotopic (exact) mass is 296 g/mol. The first-order valence-electron chi connectivity index (χ1n) is 7.22. The van der Waals surface area contributed by atoms with Crippen molar-refractivity contribution in [1.29, 1.82) is 0 Å². The van der Waals surface area contributed by atoms with Crippen molar-refractivity contribution in [2.45, 2.75) is 26.8 Å². The molecule has 0 saturated heterocycles. The second-order valence-electron chi connectivity index (χ2n) is 5.31. The minimum atomic E-state index is -0.619. The molecule has 0 aliphatic heterocycles. The van der Waals surface area contributed by atoms with E-state index in [1.807, 2.05) is 50.2 Å². The summed E-state index contributed by atoms with van der Waals surface area (Å²) in [5, 5.41) is 5.55. The molecule has 0 radical (unpaired) electrons. The maximum Gasteiger partial charge on any atom is 0.252 e. The number of rotatable bonds is 4. The van der Waals surface area contributed by atoms with Crippen molar-refractivity contribution in [3.05, 3.63) is 65.2 Å². The first kappa shape index (κ1) is 15.8. The fraction of sp³-hybridized carbons (Fsp3) is 0.222. The van der Waals surface area contributed by atoms with E-state index in [0.717, 1.165) is 16.8 Å². The molecule has 0 aromatic heterocycles. The highest BCUT2D eigenvalue weighted by Gasteiger charge is 2.18. The largest absolute Gasteiger partial charge is 0.341 e. The van der Waals surface area contributed by atoms with E-state index in [1.165, 1.54) is 0 Å². The molecular formula is C18H20N2O2. The fourth-order valence-electron chi connectivity index (χ4n) is 2.12. The van der Waals surface area contributed by atoms with Gasteiger partial charge in [-0.05, 0) is 44.0 Å². The predicted molar refractivity (Wildman–Crippen MR) is 87.9 cm³/mol. The molecule has 2 aromatic rings. The smallest absolute Gasteiger partial charge is 0.252 e. The fourth-order valence-corrected chi connectivity index (χ4v) is 2.12. The lowest BCUT2D eigenvalue weighted by Gasteiger charge is -2.16. The number of carbonyl (C=O) groups is 2. The summed E-state index contributed by atoms with van der Waals surface area (Å²) >= 11 is 0. The van der Waals surface area contributed by atoms with E-state index >= 15 is 0 Å². The molecule has 2 amide bonds. The number of benzene rings is 2. The molecule has 0 aliphatic rings. The summed E-state index contributed by atoms with van der Waals surface area (Å²) in [6, 6.07) is 14.2. The van der Waals surface area contributed by atoms with Crippen LogP contribution in [0.2, 0.25) is 0 Å². The van der Waals surface area contributed by atoms with Crippen molar-refractivity contribution in [3.63, 3.8) is 0 Å². The van der Waals surface area contributed by atoms with Crippen LogP contribution in [0.3, 0.4) is 0 Å². The van der Waals surface area contributed by atoms with Gasteiger partial charge in [-0.2, -0.15) is 0 Å². The molecule has 22 heavy (non-hydrogen) atoms. The van der Waals surface area contributed by atoms with Gasteiger partial charge in [0.1, 0.15) is 6.04 Å². The zero-order valence-corrected chi connectivity index (χ0v) is 13.0. The lowest BCUT2D eigenvalue weighted by Crippen LogP contribution is -2.41. The maximum absolute atomic E-state index is 12.2. The highest BCUT2D eigenvalue weighted by Crippen LogP contribution is 2.13. The molecule has 4 heteroatoms. The highest BCUT2D eigenvalue weighted by atomic mass is 16.2. The van der Waals surface area contributed by atoms with Gasteiger partial charge in [-0.25, -0.2) is 0 Å². The van der Waals surface area contributed by atoms with Crippen LogP contribution in [-0.4, -0.2) is 17.9 Å². The third-order valence-corrected chi connectivity index (χ3v) is 3.53. The minimum Gasteiger partial charge on any atom is -0.341 e. The molecule has 0 bridgehead atoms. The Balaban J connectivity index is 2.01. The van der Waals surface area contributed by atoms with Crippen molar-refractivity contribution in [2.24, 2.45) is 0 Å². The minimum absolute atomic E-state index is 0.240. The molecule has 0 saturated carbocycles. The number of hydrogen-bond acceptors (Lipinski definition) is 2. The van der Waals surface area contributed by atoms with Crippen molar-refractivity contribution in [3.8, 4) is 0 Å². The third-order valence-electron chi connectivity index (χ3n) is 3.53. The van der Waals surface area contributed by atoms with Crippen molar-refractivity contribution in [1.82, 2.24) is 5.32 Å². The Hall–Kier alpha value is -2.62. The first-order chi connectivity index (χ1) is 10.5. The number of hydrogen-bond donors (Lipinski definition) is 2. The zero-order valence-electron chi connectivity index (χ0n) is 13.0. The Labute approximate surface area is 130 Å². The number of amides is 2. The summed E-state index contributed by atoms with van der Waals surface area (Å²) < 4.78 is 0. The predicted octanol–water partition coefficient (Wildman–Crippen LogP) is 3.06. The average Bonchev–Trinajstić information content (AvgIpc) is 2.49. The van der Waals surface area contributed by atoms with Gasteiger partial charge in [0.25, 0.3) is 5.91 Å². The van der Waals surface area contributed by atoms with E-state index in [2.05, 4.69) is 10.6 Å². The van der Waals surface area contributed by atoms with Crippen LogP contribution in [0, 0.1) is 13.8 Å². The summed E-state index contributed by atoms with van der Waals surface area (Å²) in [7, 11) is 0. The summed E-state index contributed by atoms with van der Waals surface area (Å²) in [5.74, 6) is -0.484. The van der Waals surface area contributed by atoms with Gasteiger partial charge in [-0.1, -0.05) is 36.4 Å². The average molecular weight is 296 g/mol. The van der Waals surface area contributed by atoms with Crippen LogP contribution in [-0.2, 0) is 4.79 Å². The van der Waals surface area contributed by atoms with Gasteiger partial charge in [0.15, 0.2) is 0 Å². The molecule has 114 valence electrons. The second-order valence-corrected chi connectivity index (χ2v) is 5.31. The molecule has 0 fully saturated rings. The van der Waals surface area contributed by atoms with Gasteiger partial charge in [-0.3, -0.25) is 9.59 Å². The Bertz CT molecular complexity index is 695. The SMILES string of the molecule is Cc1ccccc1NC(=O)[C@H](C)NC(=O)c1ccccc1C. The Kier molecular flexibility index (Phi) is 4.94. The molecule has 2 N–H and O–H groups in total. The Morgan fingerprint density at radius 3 is 2.14 bits per heavy atom. The van der Waals surface area contributed by atoms with Crippen molar-refractivity contribution < 1.29 is 9.59 Å². The van der Waals surface area contributed by atoms with Crippen LogP contribution in [0.15, 0.2) is 48.5 Å². The first-order valence-corrected chi connectivity index (χ1v) is 7.22. The zero-order chi connectivity index (χ0) is 16.1. The number of carbonyl (C=O) groups excluding carboxylic acids is 2. The van der Waals surface area contributed by atoms with Gasteiger partial charge in [-0.15, -0.1) is 0 Å². The van der Waals surface area contributed by atoms with Crippen LogP contribution < -0.4 is 10.6 Å². The van der Waals surface area contributed by atoms with Crippen LogP contribution in [0.4, 0.5) is 5.69 Å². The standard InChI is InChI=1S/C18H20N2O2/c1-12-8-4-6-10-15(12)18(22)19-14(3)17(21)20-16-11-7-5-9-13(16)2/h4-11,14H,1-3H3,(H,19,22)(H,20,21)/t14-/m0/s1. The molecule has 0 heterocycles. The molecule has 1 atom stereocenters. The summed E-state index contributed by atoms with van der Waals surface area (Å²) in [6.07, 6.45) is 0. The molecule has 0 unspecified atom stereocenters. The van der Waals surface area contributed by atoms with E-state index in [0.29, 0.717) is 5.56 Å². The normalized spacial score (nSPS) is 11.6. The van der Waals surface area contributed by atoms with E-state index < -0.39 is 6.04 Å². The van der Waals surface area contributed by atoms with Gasteiger partial charge in [0.05, 0.1) is 0 Å². The maximum atomic E-state index is 12.2. The number of anilines is 1. The highest BCUT2D eigenvalue weighted by molar-refractivity contribution is 6.01. The van der Waals surface area contributed by atoms with Crippen molar-refractivity contribution in [2.75, 3.05) is 5.32 Å². The van der Waals surface area contributed by atoms with E-state index in [4.69, 9.17) is 0 Å². The van der Waals surface area contributed by atoms with Gasteiger partial charge >= 0.3 is 0 Å². The van der Waals surface area contributed by atoms with Crippen LogP contribution in [0.25, 0.3) is 0 Å². The third kappa shape index (κ3) is 3.73. The van der Waals surface area contributed by atoms with Gasteiger partial charge < -0.3 is 10.6 Å². The second kappa shape index (κ2) is 6.89. The lowest BCUT2D eigenvalue weighted by atomic mass is 10.1.